The van der Waals surface area contributed by atoms with Gasteiger partial charge in [0.1, 0.15) is 4.53 Å². The summed E-state index contributed by atoms with van der Waals surface area (Å²) in [7, 11) is 0. The molecule has 2 aliphatic heterocycles. The molecule has 9 heteroatoms. The maximum Gasteiger partial charge on any atom is 0.338 e. The fraction of sp³-hybridized carbons (Fsp3) is 0.135. The Labute approximate surface area is 273 Å². The highest BCUT2D eigenvalue weighted by molar-refractivity contribution is 7.98. The summed E-state index contributed by atoms with van der Waals surface area (Å²) < 4.78 is 7.42. The number of hydrogen-bond donors (Lipinski definition) is 0. The van der Waals surface area contributed by atoms with Crippen LogP contribution < -0.4 is 19.8 Å². The van der Waals surface area contributed by atoms with Crippen LogP contribution in [0.4, 0.5) is 5.69 Å². The molecule has 0 aliphatic carbocycles. The number of fused-ring (bicyclic) bond motifs is 2. The molecule has 7 nitrogen and oxygen atoms in total. The lowest BCUT2D eigenvalue weighted by molar-refractivity contribution is -0.138. The lowest BCUT2D eigenvalue weighted by Gasteiger charge is -2.26. The molecule has 0 saturated heterocycles. The molecular weight excluding hydrogens is 615 g/mol. The van der Waals surface area contributed by atoms with Gasteiger partial charge in [-0.05, 0) is 42.5 Å². The number of carbonyl (C=O) groups is 2. The van der Waals surface area contributed by atoms with Crippen LogP contribution in [-0.4, -0.2) is 29.3 Å². The number of ether oxygens (including phenoxy) is 1. The minimum absolute atomic E-state index is 0.166. The van der Waals surface area contributed by atoms with Crippen molar-refractivity contribution in [3.63, 3.8) is 0 Å². The fourth-order valence-corrected chi connectivity index (χ4v) is 7.51. The second-order valence-corrected chi connectivity index (χ2v) is 12.7. The number of esters is 1. The molecule has 0 unspecified atom stereocenters. The van der Waals surface area contributed by atoms with Crippen molar-refractivity contribution in [2.24, 2.45) is 4.99 Å². The SMILES string of the molecule is CCOC(=O)C1=C(c2ccccc2)N=c2s/c(=C3\C(=O)N(Cc4ccccc4)c4ccccc43)c(=O)n2[C@@H]1c1ccc(SC)cc1. The first kappa shape index (κ1) is 29.7. The molecular formula is C37H29N3O4S2. The zero-order valence-electron chi connectivity index (χ0n) is 25.2. The van der Waals surface area contributed by atoms with Gasteiger partial charge in [0.25, 0.3) is 11.5 Å². The van der Waals surface area contributed by atoms with Crippen molar-refractivity contribution < 1.29 is 14.3 Å². The zero-order chi connectivity index (χ0) is 31.8. The van der Waals surface area contributed by atoms with Crippen LogP contribution in [0.1, 0.15) is 35.2 Å². The Hall–Kier alpha value is -4.99. The van der Waals surface area contributed by atoms with Crippen molar-refractivity contribution in [3.05, 3.63) is 157 Å². The third-order valence-corrected chi connectivity index (χ3v) is 9.91. The number of amides is 1. The van der Waals surface area contributed by atoms with Gasteiger partial charge in [0.15, 0.2) is 4.80 Å². The van der Waals surface area contributed by atoms with Gasteiger partial charge < -0.3 is 9.64 Å². The summed E-state index contributed by atoms with van der Waals surface area (Å²) in [4.78, 5) is 50.8. The maximum absolute atomic E-state index is 14.6. The molecule has 0 bridgehead atoms. The van der Waals surface area contributed by atoms with Crippen LogP contribution >= 0.6 is 23.1 Å². The first-order valence-corrected chi connectivity index (χ1v) is 16.9. The van der Waals surface area contributed by atoms with E-state index in [-0.39, 0.29) is 28.2 Å². The standard InChI is InChI=1S/C37H29N3O4S2/c1-3-44-36(43)30-31(24-14-8-5-9-15-24)38-37-40(32(30)25-18-20-26(45-2)21-19-25)35(42)33(46-37)29-27-16-10-11-17-28(27)39(34(29)41)22-23-12-6-4-7-13-23/h4-21,32H,3,22H2,1-2H3/b33-29-/t32-/m1/s1. The number of hydrogen-bond acceptors (Lipinski definition) is 7. The normalized spacial score (nSPS) is 16.6. The predicted molar refractivity (Wildman–Crippen MR) is 182 cm³/mol. The van der Waals surface area contributed by atoms with E-state index in [1.165, 1.54) is 11.3 Å². The quantitative estimate of drug-likeness (QED) is 0.171. The molecule has 0 saturated carbocycles. The van der Waals surface area contributed by atoms with Crippen LogP contribution in [0.3, 0.4) is 0 Å². The van der Waals surface area contributed by atoms with Crippen molar-refractivity contribution in [2.75, 3.05) is 17.8 Å². The number of nitrogens with zero attached hydrogens (tertiary/aromatic N) is 3. The molecule has 5 aromatic rings. The molecule has 4 aromatic carbocycles. The summed E-state index contributed by atoms with van der Waals surface area (Å²) in [6.45, 7) is 2.29. The van der Waals surface area contributed by atoms with Crippen molar-refractivity contribution in [1.82, 2.24) is 4.57 Å². The molecule has 1 amide bonds. The van der Waals surface area contributed by atoms with Crippen LogP contribution in [0.25, 0.3) is 11.3 Å². The molecule has 0 spiro atoms. The van der Waals surface area contributed by atoms with Gasteiger partial charge in [-0.25, -0.2) is 9.79 Å². The van der Waals surface area contributed by atoms with Gasteiger partial charge in [-0.3, -0.25) is 14.2 Å². The highest BCUT2D eigenvalue weighted by Gasteiger charge is 2.38. The highest BCUT2D eigenvalue weighted by Crippen LogP contribution is 2.38. The molecule has 3 heterocycles. The molecule has 0 N–H and O–H groups in total. The monoisotopic (exact) mass is 643 g/mol. The number of aromatic nitrogens is 1. The Morgan fingerprint density at radius 1 is 0.891 bits per heavy atom. The predicted octanol–water partition coefficient (Wildman–Crippen LogP) is 5.57. The third kappa shape index (κ3) is 5.11. The lowest BCUT2D eigenvalue weighted by Crippen LogP contribution is -2.41. The van der Waals surface area contributed by atoms with Crippen molar-refractivity contribution in [2.45, 2.75) is 24.4 Å². The number of benzene rings is 4. The summed E-state index contributed by atoms with van der Waals surface area (Å²) in [5.41, 5.74) is 4.58. The van der Waals surface area contributed by atoms with E-state index in [2.05, 4.69) is 0 Å². The molecule has 46 heavy (non-hydrogen) atoms. The highest BCUT2D eigenvalue weighted by atomic mass is 32.2. The summed E-state index contributed by atoms with van der Waals surface area (Å²) in [6, 6.07) is 33.8. The fourth-order valence-electron chi connectivity index (χ4n) is 6.01. The number of thioether (sulfide) groups is 1. The van der Waals surface area contributed by atoms with E-state index in [0.29, 0.717) is 28.2 Å². The molecule has 7 rings (SSSR count). The van der Waals surface area contributed by atoms with Gasteiger partial charge in [0, 0.05) is 16.0 Å². The smallest absolute Gasteiger partial charge is 0.338 e. The van der Waals surface area contributed by atoms with E-state index >= 15 is 0 Å². The molecule has 2 aliphatic rings. The largest absolute Gasteiger partial charge is 0.463 e. The maximum atomic E-state index is 14.6. The number of anilines is 1. The number of thiazole rings is 1. The minimum atomic E-state index is -0.817. The Balaban J connectivity index is 1.50. The average molecular weight is 644 g/mol. The molecule has 228 valence electrons. The van der Waals surface area contributed by atoms with Crippen LogP contribution in [0.5, 0.6) is 0 Å². The van der Waals surface area contributed by atoms with Crippen LogP contribution in [0.15, 0.2) is 129 Å². The van der Waals surface area contributed by atoms with E-state index in [9.17, 15) is 14.4 Å². The third-order valence-electron chi connectivity index (χ3n) is 8.11. The Morgan fingerprint density at radius 3 is 2.26 bits per heavy atom. The van der Waals surface area contributed by atoms with Crippen LogP contribution in [0.2, 0.25) is 0 Å². The van der Waals surface area contributed by atoms with E-state index < -0.39 is 12.0 Å². The van der Waals surface area contributed by atoms with Crippen molar-refractivity contribution in [1.29, 1.82) is 0 Å². The van der Waals surface area contributed by atoms with E-state index in [1.807, 2.05) is 115 Å². The van der Waals surface area contributed by atoms with Gasteiger partial charge in [-0.1, -0.05) is 102 Å². The van der Waals surface area contributed by atoms with Gasteiger partial charge in [0.2, 0.25) is 0 Å². The zero-order valence-corrected chi connectivity index (χ0v) is 26.8. The number of para-hydroxylation sites is 1. The topological polar surface area (TPSA) is 81.0 Å². The van der Waals surface area contributed by atoms with E-state index in [4.69, 9.17) is 9.73 Å². The lowest BCUT2D eigenvalue weighted by atomic mass is 9.93. The molecule has 1 atom stereocenters. The summed E-state index contributed by atoms with van der Waals surface area (Å²) in [6.07, 6.45) is 1.99. The van der Waals surface area contributed by atoms with E-state index in [1.54, 1.807) is 28.2 Å². The Kier molecular flexibility index (Phi) is 8.02. The van der Waals surface area contributed by atoms with Crippen LogP contribution in [-0.2, 0) is 20.9 Å². The molecule has 0 radical (unpaired) electrons. The second-order valence-electron chi connectivity index (χ2n) is 10.8. The van der Waals surface area contributed by atoms with E-state index in [0.717, 1.165) is 27.3 Å². The first-order valence-electron chi connectivity index (χ1n) is 14.9. The summed E-state index contributed by atoms with van der Waals surface area (Å²) in [5, 5.41) is 0. The molecule has 0 fully saturated rings. The van der Waals surface area contributed by atoms with Gasteiger partial charge in [-0.2, -0.15) is 0 Å². The van der Waals surface area contributed by atoms with Crippen LogP contribution in [0, 0.1) is 0 Å². The van der Waals surface area contributed by atoms with Gasteiger partial charge in [0.05, 0.1) is 41.7 Å². The number of carbonyl (C=O) groups excluding carboxylic acids is 2. The minimum Gasteiger partial charge on any atom is -0.463 e. The van der Waals surface area contributed by atoms with Gasteiger partial charge in [-0.15, -0.1) is 11.8 Å². The number of rotatable bonds is 7. The Morgan fingerprint density at radius 2 is 1.57 bits per heavy atom. The van der Waals surface area contributed by atoms with Crippen molar-refractivity contribution >= 4 is 51.9 Å². The summed E-state index contributed by atoms with van der Waals surface area (Å²) >= 11 is 2.78. The van der Waals surface area contributed by atoms with Crippen molar-refractivity contribution in [3.8, 4) is 0 Å². The Bertz CT molecular complexity index is 2190. The average Bonchev–Trinajstić information content (AvgIpc) is 3.56. The summed E-state index contributed by atoms with van der Waals surface area (Å²) in [5.74, 6) is -0.789. The first-order chi connectivity index (χ1) is 22.5. The van der Waals surface area contributed by atoms with Gasteiger partial charge >= 0.3 is 5.97 Å². The molecule has 1 aromatic heterocycles. The second kappa shape index (κ2) is 12.4.